The van der Waals surface area contributed by atoms with Gasteiger partial charge in [-0.2, -0.15) is 0 Å². The summed E-state index contributed by atoms with van der Waals surface area (Å²) in [6, 6.07) is 45.3. The highest BCUT2D eigenvalue weighted by Crippen LogP contribution is 2.46. The van der Waals surface area contributed by atoms with Gasteiger partial charge in [-0.25, -0.2) is 9.97 Å². The topological polar surface area (TPSA) is 137 Å². The predicted octanol–water partition coefficient (Wildman–Crippen LogP) is 22.5. The lowest BCUT2D eigenvalue weighted by molar-refractivity contribution is 0.263. The number of fused-ring (bicyclic) bond motifs is 15. The summed E-state index contributed by atoms with van der Waals surface area (Å²) in [4.78, 5) is 34.3. The minimum absolute atomic E-state index is 0.0648. The minimum atomic E-state index is -2.18. The summed E-state index contributed by atoms with van der Waals surface area (Å²) in [5.74, 6) is 0. The van der Waals surface area contributed by atoms with Crippen LogP contribution in [-0.2, 0) is 0 Å². The lowest BCUT2D eigenvalue weighted by Gasteiger charge is -2.33. The second kappa shape index (κ2) is 28.6. The van der Waals surface area contributed by atoms with Gasteiger partial charge in [0.15, 0.2) is 33.5 Å². The van der Waals surface area contributed by atoms with Crippen molar-refractivity contribution in [2.75, 3.05) is 52.6 Å². The molecule has 0 saturated heterocycles. The number of aryl methyl sites for hydroxylation is 9. The van der Waals surface area contributed by atoms with Crippen molar-refractivity contribution in [2.24, 2.45) is 0 Å². The van der Waals surface area contributed by atoms with E-state index in [4.69, 9.17) is 27.6 Å². The van der Waals surface area contributed by atoms with E-state index in [-0.39, 0.29) is 24.7 Å². The van der Waals surface area contributed by atoms with Crippen LogP contribution in [0.5, 0.6) is 0 Å². The molecule has 566 valence electrons. The molecule has 0 N–H and O–H groups in total. The monoisotopic (exact) mass is 1480 g/mol. The van der Waals surface area contributed by atoms with Gasteiger partial charge in [0.25, 0.3) is 0 Å². The van der Waals surface area contributed by atoms with Gasteiger partial charge in [0.1, 0.15) is 42.0 Å². The number of para-hydroxylation sites is 2. The fourth-order valence-corrected chi connectivity index (χ4v) is 16.1. The maximum atomic E-state index is 8.34. The average molecular weight is 1480 g/mol. The normalized spacial score (nSPS) is 18.8. The van der Waals surface area contributed by atoms with E-state index in [9.17, 15) is 0 Å². The third-order valence-corrected chi connectivity index (χ3v) is 22.9. The lowest BCUT2D eigenvalue weighted by atomic mass is 10.1. The fourth-order valence-electron chi connectivity index (χ4n) is 16.1. The van der Waals surface area contributed by atoms with Gasteiger partial charge in [-0.05, 0) is 181 Å². The van der Waals surface area contributed by atoms with Crippen LogP contribution < -0.4 is 24.5 Å². The molecule has 20 rings (SSSR count). The fraction of sp³-hybridized carbons (Fsp3) is 0.280. The number of rotatable bonds is 6. The predicted molar refractivity (Wildman–Crippen MR) is 458 cm³/mol. The van der Waals surface area contributed by atoms with Crippen LogP contribution in [0.15, 0.2) is 224 Å². The molecule has 0 fully saturated rings. The molecule has 5 aliphatic heterocycles. The molecule has 0 aliphatic carbocycles. The van der Waals surface area contributed by atoms with Gasteiger partial charge >= 0.3 is 0 Å². The SMILES string of the molecule is Cc1ccc2c(n1)oc1c(N3C=CN(C)[C@@H]3C)c(C)ccc12.Cc1ccc2c(oc3c(C)cccc32)c1N1C=CN(C)[C@@H]1C.Cc1ccc2c(oc3c(C)nccc32)c1N1C=CN(C)[C@@H]1C.[2H]C(C)(C)N1C=CN(c2c(C)ccc3c2oc2ccccc23)[C@H]1C.[2H]C([2H])([2H])N1C=CN(c2c(C)ccc3c2oc2nc(C)ccc23)[C@H]1C. The third kappa shape index (κ3) is 12.6. The van der Waals surface area contributed by atoms with E-state index in [1.54, 1.807) is 12.4 Å². The smallest absolute Gasteiger partial charge is 0.227 e. The molecule has 111 heavy (non-hydrogen) atoms. The zero-order valence-corrected chi connectivity index (χ0v) is 66.8. The molecule has 8 aromatic heterocycles. The van der Waals surface area contributed by atoms with Crippen molar-refractivity contribution >= 4 is 138 Å². The third-order valence-electron chi connectivity index (χ3n) is 22.9. The molecule has 13 heterocycles. The molecule has 0 spiro atoms. The molecular formula is C93H99N13O5. The van der Waals surface area contributed by atoms with E-state index >= 15 is 0 Å². The van der Waals surface area contributed by atoms with Crippen LogP contribution in [0.1, 0.15) is 104 Å². The Morgan fingerprint density at radius 3 is 1.10 bits per heavy atom. The maximum absolute atomic E-state index is 8.34. The van der Waals surface area contributed by atoms with Crippen molar-refractivity contribution < 1.29 is 27.6 Å². The van der Waals surface area contributed by atoms with Crippen molar-refractivity contribution in [1.82, 2.24) is 39.5 Å². The van der Waals surface area contributed by atoms with Crippen LogP contribution in [0.25, 0.3) is 110 Å². The first kappa shape index (κ1) is 68.0. The van der Waals surface area contributed by atoms with E-state index in [0.717, 1.165) is 133 Å². The van der Waals surface area contributed by atoms with Crippen LogP contribution in [0, 0.1) is 62.3 Å². The Labute approximate surface area is 654 Å². The largest absolute Gasteiger partial charge is 0.454 e. The molecule has 15 aromatic rings. The molecule has 0 saturated carbocycles. The number of furan rings is 5. The molecule has 0 amide bonds. The number of hydrogen-bond acceptors (Lipinski definition) is 18. The van der Waals surface area contributed by atoms with Crippen molar-refractivity contribution in [3.05, 3.63) is 252 Å². The van der Waals surface area contributed by atoms with Gasteiger partial charge in [0.2, 0.25) is 11.4 Å². The van der Waals surface area contributed by atoms with Crippen LogP contribution in [0.3, 0.4) is 0 Å². The highest BCUT2D eigenvalue weighted by molar-refractivity contribution is 6.14. The molecule has 18 heteroatoms. The zero-order valence-electron chi connectivity index (χ0n) is 70.8. The van der Waals surface area contributed by atoms with E-state index < -0.39 is 13.0 Å². The summed E-state index contributed by atoms with van der Waals surface area (Å²) in [6.45, 7) is 30.7. The first-order chi connectivity index (χ1) is 54.9. The van der Waals surface area contributed by atoms with Crippen molar-refractivity contribution in [3.63, 3.8) is 0 Å². The molecule has 0 bridgehead atoms. The van der Waals surface area contributed by atoms with Crippen molar-refractivity contribution in [2.45, 2.75) is 148 Å². The Hall–Kier alpha value is -12.3. The summed E-state index contributed by atoms with van der Waals surface area (Å²) in [5, 5.41) is 11.1. The number of anilines is 5. The number of aromatic nitrogens is 3. The molecule has 0 radical (unpaired) electrons. The van der Waals surface area contributed by atoms with Gasteiger partial charge in [0, 0.05) is 172 Å². The van der Waals surface area contributed by atoms with Gasteiger partial charge in [-0.15, -0.1) is 0 Å². The summed E-state index contributed by atoms with van der Waals surface area (Å²) in [7, 11) is 6.27. The molecule has 7 aromatic carbocycles. The molecule has 5 aliphatic rings. The van der Waals surface area contributed by atoms with E-state index in [1.807, 2.05) is 125 Å². The Morgan fingerprint density at radius 1 is 0.324 bits per heavy atom. The van der Waals surface area contributed by atoms with Crippen LogP contribution in [0.4, 0.5) is 28.4 Å². The van der Waals surface area contributed by atoms with E-state index in [0.29, 0.717) is 17.6 Å². The Kier molecular flexibility index (Phi) is 17.5. The number of benzene rings is 7. The van der Waals surface area contributed by atoms with Gasteiger partial charge in [0.05, 0.1) is 35.5 Å². The van der Waals surface area contributed by atoms with Crippen LogP contribution in [0.2, 0.25) is 0 Å². The maximum Gasteiger partial charge on any atom is 0.227 e. The minimum Gasteiger partial charge on any atom is -0.454 e. The first-order valence-electron chi connectivity index (χ1n) is 40.1. The zero-order chi connectivity index (χ0) is 81.3. The lowest BCUT2D eigenvalue weighted by Crippen LogP contribution is -2.39. The summed E-state index contributed by atoms with van der Waals surface area (Å²) >= 11 is 0. The highest BCUT2D eigenvalue weighted by atomic mass is 16.4. The molecule has 0 unspecified atom stereocenters. The number of nitrogens with zero attached hydrogens (tertiary/aromatic N) is 13. The number of pyridine rings is 3. The van der Waals surface area contributed by atoms with Crippen LogP contribution >= 0.6 is 0 Å². The average Bonchev–Trinajstić information content (AvgIpc) is 1.66. The quantitative estimate of drug-likeness (QED) is 0.156. The summed E-state index contributed by atoms with van der Waals surface area (Å²) in [6.07, 6.45) is 22.5. The second-order valence-corrected chi connectivity index (χ2v) is 30.3. The summed E-state index contributed by atoms with van der Waals surface area (Å²) < 4.78 is 62.4. The Balaban J connectivity index is 0.000000108. The van der Waals surface area contributed by atoms with Gasteiger partial charge < -0.3 is 71.1 Å². The van der Waals surface area contributed by atoms with Crippen molar-refractivity contribution in [3.8, 4) is 0 Å². The van der Waals surface area contributed by atoms with Gasteiger partial charge in [-0.3, -0.25) is 4.98 Å². The van der Waals surface area contributed by atoms with E-state index in [1.165, 1.54) is 49.2 Å². The Bertz CT molecular complexity index is 6340. The van der Waals surface area contributed by atoms with Crippen LogP contribution in [-0.4, -0.2) is 104 Å². The Morgan fingerprint density at radius 2 is 0.676 bits per heavy atom. The number of hydrogen-bond donors (Lipinski definition) is 0. The van der Waals surface area contributed by atoms with E-state index in [2.05, 4.69) is 255 Å². The summed E-state index contributed by atoms with van der Waals surface area (Å²) in [5.41, 5.74) is 23.8. The molecule has 5 atom stereocenters. The molecule has 18 nitrogen and oxygen atoms in total. The van der Waals surface area contributed by atoms with Crippen molar-refractivity contribution in [1.29, 1.82) is 0 Å². The highest BCUT2D eigenvalue weighted by Gasteiger charge is 2.33. The standard InChI is InChI=1S/C20H22N2O.C19H20N2O.3C18H19N3O/c1-13(2)21-11-12-22(15(21)4)19-14(3)9-10-17-16-7-5-6-8-18(16)23-20(17)19;1-12-8-9-16-15-7-5-6-13(2)18(15)22-19(16)17(12)21-11-10-20(4)14(21)3;2*1-11-5-7-14-15-8-6-12(2)19-18(15)22-17(14)16(11)21-10-9-20(4)13(21)3;1-11-5-6-14-15-7-8-19-12(2)17(15)22-18(14)16(11)21-10-9-20(4)13(21)3/h5-13,15H,1-4H3;5-11,14H,1-4H3;3*5-10,13H,1-4H3/t15-;14-;3*13-/m00000/s1/i13D;;4D3;;. The second-order valence-electron chi connectivity index (χ2n) is 30.3. The molecular weight excluding hydrogens is 1380 g/mol. The van der Waals surface area contributed by atoms with Gasteiger partial charge in [-0.1, -0.05) is 97.1 Å². The first-order valence-corrected chi connectivity index (χ1v) is 38.1.